The molecule has 6 nitrogen and oxygen atoms in total. The number of benzene rings is 2. The molecule has 0 amide bonds. The fourth-order valence-corrected chi connectivity index (χ4v) is 2.98. The number of hydrogen-bond acceptors (Lipinski definition) is 6. The highest BCUT2D eigenvalue weighted by molar-refractivity contribution is 5.81. The van der Waals surface area contributed by atoms with Crippen LogP contribution in [0.25, 0.3) is 22.4 Å². The molecule has 136 valence electrons. The molecule has 0 saturated carbocycles. The molecule has 0 aliphatic carbocycles. The predicted octanol–water partition coefficient (Wildman–Crippen LogP) is 4.29. The summed E-state index contributed by atoms with van der Waals surface area (Å²) in [6, 6.07) is 14.8. The molecule has 2 aromatic carbocycles. The van der Waals surface area contributed by atoms with Crippen molar-refractivity contribution in [3.63, 3.8) is 0 Å². The molecule has 4 aromatic rings. The zero-order chi connectivity index (χ0) is 18.8. The van der Waals surface area contributed by atoms with E-state index in [0.29, 0.717) is 23.0 Å². The van der Waals surface area contributed by atoms with Crippen molar-refractivity contribution < 1.29 is 13.7 Å². The van der Waals surface area contributed by atoms with Gasteiger partial charge in [-0.3, -0.25) is 0 Å². The maximum Gasteiger partial charge on any atom is 0.336 e. The summed E-state index contributed by atoms with van der Waals surface area (Å²) >= 11 is 0. The van der Waals surface area contributed by atoms with Crippen LogP contribution in [0.1, 0.15) is 23.9 Å². The third-order valence-corrected chi connectivity index (χ3v) is 4.40. The number of nitrogens with zero attached hydrogens (tertiary/aromatic N) is 2. The molecule has 6 heteroatoms. The van der Waals surface area contributed by atoms with E-state index in [9.17, 15) is 4.79 Å². The summed E-state index contributed by atoms with van der Waals surface area (Å²) in [5, 5.41) is 4.92. The molecule has 0 atom stereocenters. The Hall–Kier alpha value is -3.41. The Balaban J connectivity index is 1.54. The molecule has 2 heterocycles. The Morgan fingerprint density at radius 1 is 1.11 bits per heavy atom. The van der Waals surface area contributed by atoms with Crippen LogP contribution in [-0.2, 0) is 13.0 Å². The van der Waals surface area contributed by atoms with Crippen LogP contribution in [0.2, 0.25) is 0 Å². The highest BCUT2D eigenvalue weighted by Crippen LogP contribution is 2.24. The smallest absolute Gasteiger partial charge is 0.336 e. The van der Waals surface area contributed by atoms with E-state index in [-0.39, 0.29) is 12.2 Å². The van der Waals surface area contributed by atoms with Gasteiger partial charge in [0.2, 0.25) is 5.82 Å². The average molecular weight is 362 g/mol. The topological polar surface area (TPSA) is 78.4 Å². The van der Waals surface area contributed by atoms with E-state index < -0.39 is 0 Å². The Labute approximate surface area is 155 Å². The molecule has 0 N–H and O–H groups in total. The van der Waals surface area contributed by atoms with Gasteiger partial charge in [-0.05, 0) is 36.6 Å². The molecule has 2 aromatic heterocycles. The summed E-state index contributed by atoms with van der Waals surface area (Å²) in [6.07, 6.45) is 0.756. The molecule has 0 spiro atoms. The first-order valence-electron chi connectivity index (χ1n) is 8.72. The van der Waals surface area contributed by atoms with Crippen LogP contribution in [0.15, 0.2) is 62.3 Å². The highest BCUT2D eigenvalue weighted by atomic mass is 16.5. The Bertz CT molecular complexity index is 1160. The minimum Gasteiger partial charge on any atom is -0.484 e. The largest absolute Gasteiger partial charge is 0.484 e. The predicted molar refractivity (Wildman–Crippen MR) is 101 cm³/mol. The number of ether oxygens (including phenoxy) is 1. The van der Waals surface area contributed by atoms with Crippen LogP contribution in [-0.4, -0.2) is 10.1 Å². The lowest BCUT2D eigenvalue weighted by Gasteiger charge is -2.06. The van der Waals surface area contributed by atoms with Gasteiger partial charge in [0.05, 0.1) is 0 Å². The van der Waals surface area contributed by atoms with Gasteiger partial charge in [-0.15, -0.1) is 0 Å². The van der Waals surface area contributed by atoms with Crippen LogP contribution in [0.3, 0.4) is 0 Å². The van der Waals surface area contributed by atoms with E-state index >= 15 is 0 Å². The molecule has 0 fully saturated rings. The lowest BCUT2D eigenvalue weighted by Crippen LogP contribution is -2.01. The second-order valence-corrected chi connectivity index (χ2v) is 6.22. The Kier molecular flexibility index (Phi) is 4.46. The van der Waals surface area contributed by atoms with Gasteiger partial charge in [-0.2, -0.15) is 4.98 Å². The standard InChI is InChI=1S/C21H18N2O4/c1-3-14-10-20(24)26-18-11-15(8-9-17(14)18)25-12-19-22-21(23-27-19)16-7-5-4-6-13(16)2/h4-11H,3,12H2,1-2H3. The number of rotatable bonds is 5. The number of aryl methyl sites for hydroxylation is 2. The number of hydrogen-bond donors (Lipinski definition) is 0. The summed E-state index contributed by atoms with van der Waals surface area (Å²) in [5.74, 6) is 1.47. The number of aromatic nitrogens is 2. The fraction of sp³-hybridized carbons (Fsp3) is 0.190. The summed E-state index contributed by atoms with van der Waals surface area (Å²) in [5.41, 5.74) is 3.08. The molecule has 0 unspecified atom stereocenters. The molecule has 0 radical (unpaired) electrons. The highest BCUT2D eigenvalue weighted by Gasteiger charge is 2.12. The Morgan fingerprint density at radius 3 is 2.78 bits per heavy atom. The van der Waals surface area contributed by atoms with Crippen LogP contribution in [0, 0.1) is 6.92 Å². The van der Waals surface area contributed by atoms with Crippen LogP contribution < -0.4 is 10.4 Å². The normalized spacial score (nSPS) is 11.0. The third-order valence-electron chi connectivity index (χ3n) is 4.40. The van der Waals surface area contributed by atoms with Gasteiger partial charge in [-0.1, -0.05) is 36.3 Å². The lowest BCUT2D eigenvalue weighted by atomic mass is 10.1. The van der Waals surface area contributed by atoms with Gasteiger partial charge in [0.1, 0.15) is 11.3 Å². The van der Waals surface area contributed by atoms with Gasteiger partial charge >= 0.3 is 5.63 Å². The van der Waals surface area contributed by atoms with Crippen molar-refractivity contribution in [2.75, 3.05) is 0 Å². The first-order valence-corrected chi connectivity index (χ1v) is 8.72. The number of fused-ring (bicyclic) bond motifs is 1. The molecule has 0 aliphatic heterocycles. The lowest BCUT2D eigenvalue weighted by molar-refractivity contribution is 0.243. The third kappa shape index (κ3) is 3.46. The van der Waals surface area contributed by atoms with E-state index in [1.54, 1.807) is 6.07 Å². The monoisotopic (exact) mass is 362 g/mol. The fourth-order valence-electron chi connectivity index (χ4n) is 2.98. The van der Waals surface area contributed by atoms with Gasteiger partial charge in [-0.25, -0.2) is 4.79 Å². The summed E-state index contributed by atoms with van der Waals surface area (Å²) < 4.78 is 16.3. The molecule has 4 rings (SSSR count). The average Bonchev–Trinajstić information content (AvgIpc) is 3.14. The molecular formula is C21H18N2O4. The van der Waals surface area contributed by atoms with E-state index in [4.69, 9.17) is 13.7 Å². The van der Waals surface area contributed by atoms with Crippen molar-refractivity contribution >= 4 is 11.0 Å². The zero-order valence-electron chi connectivity index (χ0n) is 15.1. The van der Waals surface area contributed by atoms with Crippen molar-refractivity contribution in [3.05, 3.63) is 76.0 Å². The van der Waals surface area contributed by atoms with E-state index in [1.165, 1.54) is 6.07 Å². The SMILES string of the molecule is CCc1cc(=O)oc2cc(OCc3nc(-c4ccccc4C)no3)ccc12. The maximum atomic E-state index is 11.7. The van der Waals surface area contributed by atoms with Crippen LogP contribution in [0.5, 0.6) is 5.75 Å². The molecular weight excluding hydrogens is 344 g/mol. The van der Waals surface area contributed by atoms with Crippen LogP contribution in [0.4, 0.5) is 0 Å². The van der Waals surface area contributed by atoms with Crippen molar-refractivity contribution in [1.82, 2.24) is 10.1 Å². The van der Waals surface area contributed by atoms with Crippen molar-refractivity contribution in [2.45, 2.75) is 26.9 Å². The quantitative estimate of drug-likeness (QED) is 0.493. The van der Waals surface area contributed by atoms with E-state index in [1.807, 2.05) is 50.2 Å². The van der Waals surface area contributed by atoms with Gasteiger partial charge < -0.3 is 13.7 Å². The molecule has 0 saturated heterocycles. The summed E-state index contributed by atoms with van der Waals surface area (Å²) in [6.45, 7) is 4.12. The first-order chi connectivity index (χ1) is 13.1. The minimum atomic E-state index is -0.365. The maximum absolute atomic E-state index is 11.7. The zero-order valence-corrected chi connectivity index (χ0v) is 15.1. The van der Waals surface area contributed by atoms with E-state index in [0.717, 1.165) is 28.5 Å². The minimum absolute atomic E-state index is 0.127. The molecule has 27 heavy (non-hydrogen) atoms. The van der Waals surface area contributed by atoms with Crippen molar-refractivity contribution in [2.24, 2.45) is 0 Å². The van der Waals surface area contributed by atoms with Gasteiger partial charge in [0.15, 0.2) is 6.61 Å². The Morgan fingerprint density at radius 2 is 1.96 bits per heavy atom. The second kappa shape index (κ2) is 7.07. The molecule has 0 bridgehead atoms. The first kappa shape index (κ1) is 17.0. The summed E-state index contributed by atoms with van der Waals surface area (Å²) in [7, 11) is 0. The van der Waals surface area contributed by atoms with E-state index in [2.05, 4.69) is 10.1 Å². The van der Waals surface area contributed by atoms with Crippen LogP contribution >= 0.6 is 0 Å². The van der Waals surface area contributed by atoms with Crippen molar-refractivity contribution in [1.29, 1.82) is 0 Å². The van der Waals surface area contributed by atoms with Crippen molar-refractivity contribution in [3.8, 4) is 17.1 Å². The van der Waals surface area contributed by atoms with Gasteiger partial charge in [0.25, 0.3) is 5.89 Å². The second-order valence-electron chi connectivity index (χ2n) is 6.22. The molecule has 0 aliphatic rings. The van der Waals surface area contributed by atoms with Gasteiger partial charge in [0, 0.05) is 23.1 Å². The summed E-state index contributed by atoms with van der Waals surface area (Å²) in [4.78, 5) is 16.1.